The van der Waals surface area contributed by atoms with Gasteiger partial charge in [0.25, 0.3) is 0 Å². The van der Waals surface area contributed by atoms with Crippen molar-refractivity contribution < 1.29 is 17.6 Å². The Labute approximate surface area is 69.4 Å². The predicted molar refractivity (Wildman–Crippen MR) is 31.7 cm³/mol. The van der Waals surface area contributed by atoms with E-state index in [4.69, 9.17) is 0 Å². The summed E-state index contributed by atoms with van der Waals surface area (Å²) < 4.78 is 48.6. The second-order valence-electron chi connectivity index (χ2n) is 2.09. The van der Waals surface area contributed by atoms with Crippen molar-refractivity contribution in [2.75, 3.05) is 0 Å². The average Bonchev–Trinajstić information content (AvgIpc) is 1.97. The molecule has 1 rings (SSSR count). The maximum absolute atomic E-state index is 12.4. The van der Waals surface area contributed by atoms with Gasteiger partial charge >= 0.3 is 68.8 Å². The molecule has 0 N–H and O–H groups in total. The van der Waals surface area contributed by atoms with Gasteiger partial charge in [0.1, 0.15) is 0 Å². The van der Waals surface area contributed by atoms with E-state index in [0.29, 0.717) is 0 Å². The van der Waals surface area contributed by atoms with Crippen LogP contribution in [0.1, 0.15) is 0 Å². The van der Waals surface area contributed by atoms with Crippen molar-refractivity contribution >= 4 is 22.0 Å². The minimum atomic E-state index is -1.37. The third-order valence-corrected chi connectivity index (χ3v) is 1.33. The van der Waals surface area contributed by atoms with Crippen molar-refractivity contribution in [3.63, 3.8) is 0 Å². The van der Waals surface area contributed by atoms with Crippen LogP contribution in [0.3, 0.4) is 0 Å². The molecule has 11 heavy (non-hydrogen) atoms. The molecule has 0 aliphatic rings. The topological polar surface area (TPSA) is 0 Å². The van der Waals surface area contributed by atoms with E-state index in [9.17, 15) is 17.6 Å². The zero-order valence-corrected chi connectivity index (χ0v) is 5.59. The molecular weight excluding hydrogens is 155 g/mol. The number of benzene rings is 1. The molecular formula is C6HF4Li. The van der Waals surface area contributed by atoms with Gasteiger partial charge in [0.15, 0.2) is 0 Å². The van der Waals surface area contributed by atoms with E-state index in [2.05, 4.69) is 0 Å². The second-order valence-corrected chi connectivity index (χ2v) is 2.09. The summed E-state index contributed by atoms with van der Waals surface area (Å²) in [6.45, 7) is 0. The Bertz CT molecular complexity index is 271. The molecule has 0 heterocycles. The first-order chi connectivity index (χ1) is 5.04. The minimum absolute atomic E-state index is 0.178. The Kier molecular flexibility index (Phi) is 2.26. The van der Waals surface area contributed by atoms with Crippen molar-refractivity contribution in [3.05, 3.63) is 29.3 Å². The SMILES string of the molecule is [Li][c]1c(F)c(F)cc(F)c1F. The van der Waals surface area contributed by atoms with Gasteiger partial charge in [-0.25, -0.2) is 0 Å². The van der Waals surface area contributed by atoms with E-state index in [-0.39, 0.29) is 6.07 Å². The summed E-state index contributed by atoms with van der Waals surface area (Å²) in [5.41, 5.74) is 0. The fourth-order valence-corrected chi connectivity index (χ4v) is 0.693. The number of halogens is 4. The molecule has 0 saturated heterocycles. The molecule has 0 aliphatic carbocycles. The van der Waals surface area contributed by atoms with Crippen molar-refractivity contribution in [2.24, 2.45) is 0 Å². The van der Waals surface area contributed by atoms with Crippen LogP contribution in [0.4, 0.5) is 17.6 Å². The van der Waals surface area contributed by atoms with Gasteiger partial charge in [-0.2, -0.15) is 0 Å². The van der Waals surface area contributed by atoms with Gasteiger partial charge in [-0.1, -0.05) is 0 Å². The van der Waals surface area contributed by atoms with Gasteiger partial charge in [0.2, 0.25) is 0 Å². The molecule has 0 atom stereocenters. The summed E-state index contributed by atoms with van der Waals surface area (Å²) in [5, 5.41) is 0. The monoisotopic (exact) mass is 156 g/mol. The van der Waals surface area contributed by atoms with Crippen LogP contribution in [0, 0.1) is 23.3 Å². The first kappa shape index (κ1) is 8.63. The van der Waals surface area contributed by atoms with Crippen LogP contribution in [0.5, 0.6) is 0 Å². The maximum atomic E-state index is 12.4. The molecule has 54 valence electrons. The molecule has 0 nitrogen and oxygen atoms in total. The van der Waals surface area contributed by atoms with Gasteiger partial charge in [-0.15, -0.1) is 0 Å². The van der Waals surface area contributed by atoms with Crippen LogP contribution in [0.2, 0.25) is 0 Å². The zero-order chi connectivity index (χ0) is 8.59. The summed E-state index contributed by atoms with van der Waals surface area (Å²) in [6.07, 6.45) is 0. The number of rotatable bonds is 0. The Balaban J connectivity index is 3.46. The van der Waals surface area contributed by atoms with Crippen LogP contribution >= 0.6 is 0 Å². The first-order valence-corrected chi connectivity index (χ1v) is 2.83. The van der Waals surface area contributed by atoms with Gasteiger partial charge in [-0.05, 0) is 0 Å². The molecule has 1 aromatic rings. The normalized spacial score (nSPS) is 10.4. The second kappa shape index (κ2) is 2.88. The molecule has 0 fully saturated rings. The van der Waals surface area contributed by atoms with Crippen LogP contribution < -0.4 is 4.24 Å². The van der Waals surface area contributed by atoms with E-state index < -0.39 is 27.5 Å². The van der Waals surface area contributed by atoms with E-state index in [1.165, 1.54) is 0 Å². The Morgan fingerprint density at radius 3 is 1.64 bits per heavy atom. The summed E-state index contributed by atoms with van der Waals surface area (Å²) in [7, 11) is 0. The molecule has 0 aromatic heterocycles. The molecule has 1 aromatic carbocycles. The fraction of sp³-hybridized carbons (Fsp3) is 0. The molecule has 0 bridgehead atoms. The Hall–Kier alpha value is -0.463. The standard InChI is InChI=1S/C6HF4.Li/c7-3-1-4(8)6(10)2-5(3)9;/h1H;. The van der Waals surface area contributed by atoms with E-state index in [1.807, 2.05) is 0 Å². The molecule has 5 heteroatoms. The van der Waals surface area contributed by atoms with E-state index in [0.717, 1.165) is 17.7 Å². The Morgan fingerprint density at radius 2 is 1.27 bits per heavy atom. The summed E-state index contributed by atoms with van der Waals surface area (Å²) in [6, 6.07) is 0.178. The predicted octanol–water partition coefficient (Wildman–Crippen LogP) is 1.04. The summed E-state index contributed by atoms with van der Waals surface area (Å²) in [4.78, 5) is 0. The summed E-state index contributed by atoms with van der Waals surface area (Å²) >= 11 is 0.969. The van der Waals surface area contributed by atoms with Gasteiger partial charge in [0, 0.05) is 0 Å². The third-order valence-electron chi connectivity index (χ3n) is 1.33. The molecule has 0 radical (unpaired) electrons. The zero-order valence-electron chi connectivity index (χ0n) is 5.59. The molecule has 0 amide bonds. The number of hydrogen-bond donors (Lipinski definition) is 0. The number of hydrogen-bond acceptors (Lipinski definition) is 0. The van der Waals surface area contributed by atoms with Crippen molar-refractivity contribution in [3.8, 4) is 0 Å². The van der Waals surface area contributed by atoms with Crippen molar-refractivity contribution in [1.29, 1.82) is 0 Å². The quantitative estimate of drug-likeness (QED) is 0.299. The molecule has 0 spiro atoms. The average molecular weight is 156 g/mol. The van der Waals surface area contributed by atoms with Crippen LogP contribution in [0.25, 0.3) is 0 Å². The molecule has 0 aliphatic heterocycles. The van der Waals surface area contributed by atoms with Gasteiger partial charge in [-0.3, -0.25) is 0 Å². The molecule has 0 saturated carbocycles. The van der Waals surface area contributed by atoms with Crippen molar-refractivity contribution in [2.45, 2.75) is 0 Å². The third kappa shape index (κ3) is 1.42. The first-order valence-electron chi connectivity index (χ1n) is 2.83. The van der Waals surface area contributed by atoms with Gasteiger partial charge in [0.05, 0.1) is 0 Å². The van der Waals surface area contributed by atoms with Crippen LogP contribution in [-0.2, 0) is 0 Å². The Morgan fingerprint density at radius 1 is 0.909 bits per heavy atom. The molecule has 0 unspecified atom stereocenters. The van der Waals surface area contributed by atoms with Gasteiger partial charge < -0.3 is 0 Å². The van der Waals surface area contributed by atoms with E-state index >= 15 is 0 Å². The summed E-state index contributed by atoms with van der Waals surface area (Å²) in [5.74, 6) is -5.43. The van der Waals surface area contributed by atoms with Crippen LogP contribution in [-0.4, -0.2) is 17.7 Å². The fourth-order valence-electron chi connectivity index (χ4n) is 0.693. The van der Waals surface area contributed by atoms with E-state index in [1.54, 1.807) is 0 Å². The van der Waals surface area contributed by atoms with Crippen molar-refractivity contribution in [1.82, 2.24) is 0 Å². The van der Waals surface area contributed by atoms with Crippen LogP contribution in [0.15, 0.2) is 6.07 Å².